The van der Waals surface area contributed by atoms with E-state index in [1.165, 1.54) is 18.5 Å². The lowest BCUT2D eigenvalue weighted by molar-refractivity contribution is 0.265. The maximum absolute atomic E-state index is 12.8. The smallest absolute Gasteiger partial charge is 0.131 e. The zero-order valence-corrected chi connectivity index (χ0v) is 5.87. The van der Waals surface area contributed by atoms with Gasteiger partial charge in [-0.15, -0.1) is 0 Å². The molecule has 3 nitrogen and oxygen atoms in total. The summed E-state index contributed by atoms with van der Waals surface area (Å²) >= 11 is 0. The molecule has 60 valence electrons. The highest BCUT2D eigenvalue weighted by atomic mass is 19.1. The number of aliphatic hydroxyl groups excluding tert-OH is 1. The largest absolute Gasteiger partial charge is 0.394 e. The van der Waals surface area contributed by atoms with Crippen LogP contribution in [0.1, 0.15) is 11.6 Å². The summed E-state index contributed by atoms with van der Waals surface area (Å²) in [7, 11) is 0. The molecule has 0 radical (unpaired) electrons. The summed E-state index contributed by atoms with van der Waals surface area (Å²) in [5, 5.41) is 8.59. The fourth-order valence-corrected chi connectivity index (χ4v) is 0.761. The van der Waals surface area contributed by atoms with Crippen molar-refractivity contribution in [3.63, 3.8) is 0 Å². The van der Waals surface area contributed by atoms with Gasteiger partial charge in [0.1, 0.15) is 5.82 Å². The van der Waals surface area contributed by atoms with Crippen LogP contribution in [0.25, 0.3) is 0 Å². The third-order valence-electron chi connectivity index (χ3n) is 1.39. The molecule has 0 spiro atoms. The number of rotatable bonds is 2. The first-order valence-corrected chi connectivity index (χ1v) is 3.21. The predicted octanol–water partition coefficient (Wildman–Crippen LogP) is 0.213. The average molecular weight is 156 g/mol. The molecule has 1 unspecified atom stereocenters. The molecule has 0 amide bonds. The fourth-order valence-electron chi connectivity index (χ4n) is 0.761. The number of aliphatic hydroxyl groups is 1. The van der Waals surface area contributed by atoms with Gasteiger partial charge in [-0.25, -0.2) is 4.39 Å². The number of nitrogens with zero attached hydrogens (tertiary/aromatic N) is 1. The van der Waals surface area contributed by atoms with Crippen LogP contribution in [0.2, 0.25) is 0 Å². The van der Waals surface area contributed by atoms with E-state index in [9.17, 15) is 4.39 Å². The molecule has 4 heteroatoms. The van der Waals surface area contributed by atoms with Crippen LogP contribution in [-0.2, 0) is 0 Å². The molecule has 3 N–H and O–H groups in total. The van der Waals surface area contributed by atoms with Gasteiger partial charge in [-0.1, -0.05) is 0 Å². The standard InChI is InChI=1S/C7H9FN2O/c8-6-1-2-10-3-5(6)7(9)4-11/h1-3,7,11H,4,9H2. The maximum atomic E-state index is 12.8. The molecule has 11 heavy (non-hydrogen) atoms. The normalized spacial score (nSPS) is 13.0. The summed E-state index contributed by atoms with van der Waals surface area (Å²) in [6.45, 7) is -0.275. The molecule has 1 rings (SSSR count). The second-order valence-corrected chi connectivity index (χ2v) is 2.19. The molecule has 1 heterocycles. The quantitative estimate of drug-likeness (QED) is 0.643. The Kier molecular flexibility index (Phi) is 2.51. The molecule has 0 aliphatic rings. The van der Waals surface area contributed by atoms with Crippen molar-refractivity contribution in [2.24, 2.45) is 5.73 Å². The number of pyridine rings is 1. The maximum Gasteiger partial charge on any atom is 0.131 e. The fraction of sp³-hybridized carbons (Fsp3) is 0.286. The summed E-state index contributed by atoms with van der Waals surface area (Å²) in [4.78, 5) is 3.68. The molecule has 0 aliphatic heterocycles. The Hall–Kier alpha value is -1.00. The molecule has 0 saturated heterocycles. The van der Waals surface area contributed by atoms with E-state index in [0.29, 0.717) is 0 Å². The first-order chi connectivity index (χ1) is 5.25. The molecule has 0 fully saturated rings. The Bertz CT molecular complexity index is 242. The minimum absolute atomic E-state index is 0.245. The highest BCUT2D eigenvalue weighted by Gasteiger charge is 2.08. The first-order valence-electron chi connectivity index (χ1n) is 3.21. The van der Waals surface area contributed by atoms with E-state index in [2.05, 4.69) is 4.98 Å². The minimum Gasteiger partial charge on any atom is -0.394 e. The Labute approximate surface area is 63.7 Å². The van der Waals surface area contributed by atoms with Gasteiger partial charge in [-0.05, 0) is 6.07 Å². The molecular weight excluding hydrogens is 147 g/mol. The molecule has 0 aliphatic carbocycles. The summed E-state index contributed by atoms with van der Waals surface area (Å²) in [5.41, 5.74) is 5.61. The van der Waals surface area contributed by atoms with Crippen LogP contribution in [-0.4, -0.2) is 16.7 Å². The van der Waals surface area contributed by atoms with Gasteiger partial charge in [0.05, 0.1) is 12.6 Å². The lowest BCUT2D eigenvalue weighted by Crippen LogP contribution is -2.16. The van der Waals surface area contributed by atoms with E-state index >= 15 is 0 Å². The van der Waals surface area contributed by atoms with Gasteiger partial charge in [0.2, 0.25) is 0 Å². The predicted molar refractivity (Wildman–Crippen MR) is 38.2 cm³/mol. The molecule has 0 aromatic carbocycles. The van der Waals surface area contributed by atoms with E-state index in [4.69, 9.17) is 10.8 Å². The third-order valence-corrected chi connectivity index (χ3v) is 1.39. The summed E-state index contributed by atoms with van der Waals surface area (Å²) in [6, 6.07) is 0.536. The number of hydrogen-bond acceptors (Lipinski definition) is 3. The van der Waals surface area contributed by atoms with Gasteiger partial charge in [-0.3, -0.25) is 4.98 Å². The van der Waals surface area contributed by atoms with Crippen molar-refractivity contribution in [3.05, 3.63) is 29.8 Å². The zero-order chi connectivity index (χ0) is 8.27. The van der Waals surface area contributed by atoms with E-state index in [1.54, 1.807) is 0 Å². The number of aromatic nitrogens is 1. The SMILES string of the molecule is NC(CO)c1cnccc1F. The number of halogens is 1. The molecule has 1 aromatic heterocycles. The Balaban J connectivity index is 2.93. The van der Waals surface area contributed by atoms with Gasteiger partial charge >= 0.3 is 0 Å². The van der Waals surface area contributed by atoms with Crippen LogP contribution in [0.5, 0.6) is 0 Å². The topological polar surface area (TPSA) is 59.1 Å². The van der Waals surface area contributed by atoms with Gasteiger partial charge in [0, 0.05) is 18.0 Å². The third kappa shape index (κ3) is 1.72. The molecule has 0 bridgehead atoms. The van der Waals surface area contributed by atoms with Crippen molar-refractivity contribution in [2.45, 2.75) is 6.04 Å². The van der Waals surface area contributed by atoms with Gasteiger partial charge in [0.15, 0.2) is 0 Å². The van der Waals surface area contributed by atoms with Crippen molar-refractivity contribution >= 4 is 0 Å². The molecule has 1 atom stereocenters. The van der Waals surface area contributed by atoms with Crippen LogP contribution < -0.4 is 5.73 Å². The lowest BCUT2D eigenvalue weighted by Gasteiger charge is -2.07. The van der Waals surface area contributed by atoms with Crippen molar-refractivity contribution in [1.82, 2.24) is 4.98 Å². The molecule has 0 saturated carbocycles. The van der Waals surface area contributed by atoms with E-state index in [0.717, 1.165) is 0 Å². The summed E-state index contributed by atoms with van der Waals surface area (Å²) in [6.07, 6.45) is 2.65. The highest BCUT2D eigenvalue weighted by molar-refractivity contribution is 5.15. The van der Waals surface area contributed by atoms with Crippen LogP contribution >= 0.6 is 0 Å². The van der Waals surface area contributed by atoms with E-state index < -0.39 is 11.9 Å². The monoisotopic (exact) mass is 156 g/mol. The summed E-state index contributed by atoms with van der Waals surface area (Å²) in [5.74, 6) is -0.429. The van der Waals surface area contributed by atoms with Crippen molar-refractivity contribution in [3.8, 4) is 0 Å². The van der Waals surface area contributed by atoms with Crippen LogP contribution in [0, 0.1) is 5.82 Å². The van der Waals surface area contributed by atoms with E-state index in [-0.39, 0.29) is 12.2 Å². The number of hydrogen-bond donors (Lipinski definition) is 2. The van der Waals surface area contributed by atoms with Crippen molar-refractivity contribution in [2.75, 3.05) is 6.61 Å². The van der Waals surface area contributed by atoms with Crippen molar-refractivity contribution < 1.29 is 9.50 Å². The van der Waals surface area contributed by atoms with Gasteiger partial charge in [0.25, 0.3) is 0 Å². The van der Waals surface area contributed by atoms with Crippen LogP contribution in [0.15, 0.2) is 18.5 Å². The number of nitrogens with two attached hydrogens (primary N) is 1. The second kappa shape index (κ2) is 3.41. The van der Waals surface area contributed by atoms with Crippen LogP contribution in [0.4, 0.5) is 4.39 Å². The Morgan fingerprint density at radius 2 is 2.45 bits per heavy atom. The first kappa shape index (κ1) is 8.10. The Morgan fingerprint density at radius 3 is 3.00 bits per heavy atom. The molecule has 1 aromatic rings. The summed E-state index contributed by atoms with van der Waals surface area (Å²) < 4.78 is 12.8. The highest BCUT2D eigenvalue weighted by Crippen LogP contribution is 2.11. The van der Waals surface area contributed by atoms with Gasteiger partial charge in [-0.2, -0.15) is 0 Å². The van der Waals surface area contributed by atoms with Crippen molar-refractivity contribution in [1.29, 1.82) is 0 Å². The minimum atomic E-state index is -0.677. The molecular formula is C7H9FN2O. The van der Waals surface area contributed by atoms with E-state index in [1.807, 2.05) is 0 Å². The van der Waals surface area contributed by atoms with Crippen LogP contribution in [0.3, 0.4) is 0 Å². The second-order valence-electron chi connectivity index (χ2n) is 2.19. The lowest BCUT2D eigenvalue weighted by atomic mass is 10.1. The average Bonchev–Trinajstić information content (AvgIpc) is 2.04. The zero-order valence-electron chi connectivity index (χ0n) is 5.87. The van der Waals surface area contributed by atoms with Gasteiger partial charge < -0.3 is 10.8 Å². The Morgan fingerprint density at radius 1 is 1.73 bits per heavy atom.